The fourth-order valence-electron chi connectivity index (χ4n) is 1.76. The van der Waals surface area contributed by atoms with E-state index < -0.39 is 0 Å². The van der Waals surface area contributed by atoms with Crippen molar-refractivity contribution in [3.8, 4) is 0 Å². The molecule has 0 amide bonds. The van der Waals surface area contributed by atoms with Gasteiger partial charge in [0, 0.05) is 21.2 Å². The standard InChI is InChI=1S/C15H11BrO2/c1-10(17)13-8-7-12(16)9-14(13)15(18)11-5-3-2-4-6-11/h2-9H,1H3. The Hall–Kier alpha value is -1.74. The zero-order valence-electron chi connectivity index (χ0n) is 9.81. The largest absolute Gasteiger partial charge is 0.294 e. The molecule has 2 rings (SSSR count). The molecule has 0 aliphatic rings. The van der Waals surface area contributed by atoms with Gasteiger partial charge in [0.25, 0.3) is 0 Å². The van der Waals surface area contributed by atoms with Crippen LogP contribution >= 0.6 is 15.9 Å². The van der Waals surface area contributed by atoms with Crippen LogP contribution in [-0.4, -0.2) is 11.6 Å². The third-order valence-electron chi connectivity index (χ3n) is 2.64. The Balaban J connectivity index is 2.54. The summed E-state index contributed by atoms with van der Waals surface area (Å²) < 4.78 is 0.784. The van der Waals surface area contributed by atoms with Gasteiger partial charge in [-0.15, -0.1) is 0 Å². The molecule has 18 heavy (non-hydrogen) atoms. The number of hydrogen-bond acceptors (Lipinski definition) is 2. The molecular formula is C15H11BrO2. The van der Waals surface area contributed by atoms with Gasteiger partial charge in [-0.3, -0.25) is 9.59 Å². The summed E-state index contributed by atoms with van der Waals surface area (Å²) in [7, 11) is 0. The van der Waals surface area contributed by atoms with E-state index in [2.05, 4.69) is 15.9 Å². The van der Waals surface area contributed by atoms with E-state index in [-0.39, 0.29) is 11.6 Å². The molecule has 2 aromatic carbocycles. The monoisotopic (exact) mass is 302 g/mol. The molecule has 0 aliphatic carbocycles. The van der Waals surface area contributed by atoms with E-state index >= 15 is 0 Å². The fraction of sp³-hybridized carbons (Fsp3) is 0.0667. The van der Waals surface area contributed by atoms with Gasteiger partial charge in [-0.25, -0.2) is 0 Å². The smallest absolute Gasteiger partial charge is 0.193 e. The molecule has 2 nitrogen and oxygen atoms in total. The predicted octanol–water partition coefficient (Wildman–Crippen LogP) is 3.88. The lowest BCUT2D eigenvalue weighted by Crippen LogP contribution is -2.08. The minimum absolute atomic E-state index is 0.109. The quantitative estimate of drug-likeness (QED) is 0.806. The second kappa shape index (κ2) is 5.27. The zero-order chi connectivity index (χ0) is 13.1. The Kier molecular flexibility index (Phi) is 3.72. The number of rotatable bonds is 3. The molecule has 0 bridgehead atoms. The number of ketones is 2. The predicted molar refractivity (Wildman–Crippen MR) is 74.0 cm³/mol. The highest BCUT2D eigenvalue weighted by Gasteiger charge is 2.16. The number of carbonyl (C=O) groups excluding carboxylic acids is 2. The van der Waals surface area contributed by atoms with Crippen molar-refractivity contribution in [2.24, 2.45) is 0 Å². The molecule has 0 unspecified atom stereocenters. The van der Waals surface area contributed by atoms with Gasteiger partial charge in [0.2, 0.25) is 0 Å². The van der Waals surface area contributed by atoms with Crippen LogP contribution in [-0.2, 0) is 0 Å². The lowest BCUT2D eigenvalue weighted by molar-refractivity contribution is 0.0990. The molecule has 3 heteroatoms. The fourth-order valence-corrected chi connectivity index (χ4v) is 2.12. The summed E-state index contributed by atoms with van der Waals surface area (Å²) in [5, 5.41) is 0. The molecule has 90 valence electrons. The molecule has 0 saturated carbocycles. The van der Waals surface area contributed by atoms with Crippen molar-refractivity contribution >= 4 is 27.5 Å². The minimum Gasteiger partial charge on any atom is -0.294 e. The molecule has 0 aliphatic heterocycles. The van der Waals surface area contributed by atoms with E-state index in [4.69, 9.17) is 0 Å². The van der Waals surface area contributed by atoms with Gasteiger partial charge in [0.05, 0.1) is 0 Å². The van der Waals surface area contributed by atoms with Crippen molar-refractivity contribution in [1.29, 1.82) is 0 Å². The highest BCUT2D eigenvalue weighted by Crippen LogP contribution is 2.20. The van der Waals surface area contributed by atoms with Crippen molar-refractivity contribution < 1.29 is 9.59 Å². The highest BCUT2D eigenvalue weighted by atomic mass is 79.9. The first kappa shape index (κ1) is 12.7. The Morgan fingerprint density at radius 1 is 0.944 bits per heavy atom. The third kappa shape index (κ3) is 2.57. The van der Waals surface area contributed by atoms with Crippen molar-refractivity contribution in [3.63, 3.8) is 0 Å². The summed E-state index contributed by atoms with van der Waals surface area (Å²) in [6.45, 7) is 1.46. The van der Waals surface area contributed by atoms with E-state index in [0.717, 1.165) is 4.47 Å². The molecule has 0 heterocycles. The van der Waals surface area contributed by atoms with Gasteiger partial charge >= 0.3 is 0 Å². The maximum atomic E-state index is 12.4. The van der Waals surface area contributed by atoms with Crippen LogP contribution in [0.1, 0.15) is 33.2 Å². The highest BCUT2D eigenvalue weighted by molar-refractivity contribution is 9.10. The molecular weight excluding hydrogens is 292 g/mol. The van der Waals surface area contributed by atoms with Crippen LogP contribution in [0, 0.1) is 0 Å². The first-order chi connectivity index (χ1) is 8.59. The van der Waals surface area contributed by atoms with Gasteiger partial charge in [0.15, 0.2) is 11.6 Å². The van der Waals surface area contributed by atoms with Crippen molar-refractivity contribution in [2.75, 3.05) is 0 Å². The molecule has 0 saturated heterocycles. The van der Waals surface area contributed by atoms with E-state index in [1.807, 2.05) is 6.07 Å². The summed E-state index contributed by atoms with van der Waals surface area (Å²) in [5.41, 5.74) is 1.47. The Bertz CT molecular complexity index is 603. The van der Waals surface area contributed by atoms with Gasteiger partial charge in [-0.2, -0.15) is 0 Å². The second-order valence-corrected chi connectivity index (χ2v) is 4.86. The molecule has 0 atom stereocenters. The van der Waals surface area contributed by atoms with Gasteiger partial charge in [-0.05, 0) is 25.1 Å². The van der Waals surface area contributed by atoms with E-state index in [1.165, 1.54) is 6.92 Å². The van der Waals surface area contributed by atoms with E-state index in [0.29, 0.717) is 16.7 Å². The van der Waals surface area contributed by atoms with Gasteiger partial charge in [-0.1, -0.05) is 46.3 Å². The van der Waals surface area contributed by atoms with Gasteiger partial charge < -0.3 is 0 Å². The normalized spacial score (nSPS) is 10.1. The number of halogens is 1. The second-order valence-electron chi connectivity index (χ2n) is 3.94. The molecule has 0 spiro atoms. The minimum atomic E-state index is -0.137. The van der Waals surface area contributed by atoms with Crippen molar-refractivity contribution in [3.05, 3.63) is 69.7 Å². The Morgan fingerprint density at radius 2 is 1.61 bits per heavy atom. The zero-order valence-corrected chi connectivity index (χ0v) is 11.4. The van der Waals surface area contributed by atoms with Crippen molar-refractivity contribution in [1.82, 2.24) is 0 Å². The number of hydrogen-bond donors (Lipinski definition) is 0. The van der Waals surface area contributed by atoms with Crippen LogP contribution in [0.3, 0.4) is 0 Å². The maximum Gasteiger partial charge on any atom is 0.193 e. The summed E-state index contributed by atoms with van der Waals surface area (Å²) in [6.07, 6.45) is 0. The Morgan fingerprint density at radius 3 is 2.22 bits per heavy atom. The third-order valence-corrected chi connectivity index (χ3v) is 3.13. The summed E-state index contributed by atoms with van der Waals surface area (Å²) >= 11 is 3.32. The summed E-state index contributed by atoms with van der Waals surface area (Å²) in [5.74, 6) is -0.246. The first-order valence-corrected chi connectivity index (χ1v) is 6.29. The molecule has 2 aromatic rings. The lowest BCUT2D eigenvalue weighted by Gasteiger charge is -2.07. The maximum absolute atomic E-state index is 12.4. The van der Waals surface area contributed by atoms with Crippen molar-refractivity contribution in [2.45, 2.75) is 6.92 Å². The molecule has 0 aromatic heterocycles. The number of Topliss-reactive ketones (excluding diaryl/α,β-unsaturated/α-hetero) is 1. The number of carbonyl (C=O) groups is 2. The summed E-state index contributed by atoms with van der Waals surface area (Å²) in [4.78, 5) is 23.9. The van der Waals surface area contributed by atoms with E-state index in [9.17, 15) is 9.59 Å². The SMILES string of the molecule is CC(=O)c1ccc(Br)cc1C(=O)c1ccccc1. The van der Waals surface area contributed by atoms with Gasteiger partial charge in [0.1, 0.15) is 0 Å². The summed E-state index contributed by atoms with van der Waals surface area (Å²) in [6, 6.07) is 14.1. The lowest BCUT2D eigenvalue weighted by atomic mass is 9.96. The average molecular weight is 303 g/mol. The van der Waals surface area contributed by atoms with Crippen LogP contribution < -0.4 is 0 Å². The number of benzene rings is 2. The average Bonchev–Trinajstić information content (AvgIpc) is 2.38. The van der Waals surface area contributed by atoms with Crippen LogP contribution in [0.5, 0.6) is 0 Å². The van der Waals surface area contributed by atoms with E-state index in [1.54, 1.807) is 42.5 Å². The van der Waals surface area contributed by atoms with Crippen LogP contribution in [0.2, 0.25) is 0 Å². The topological polar surface area (TPSA) is 34.1 Å². The first-order valence-electron chi connectivity index (χ1n) is 5.50. The van der Waals surface area contributed by atoms with Crippen LogP contribution in [0.15, 0.2) is 53.0 Å². The molecule has 0 radical (unpaired) electrons. The van der Waals surface area contributed by atoms with Crippen LogP contribution in [0.4, 0.5) is 0 Å². The molecule has 0 fully saturated rings. The molecule has 0 N–H and O–H groups in total. The van der Waals surface area contributed by atoms with Crippen LogP contribution in [0.25, 0.3) is 0 Å². The Labute approximate surface area is 114 Å².